The molecule has 2 aliphatic rings. The highest BCUT2D eigenvalue weighted by Crippen LogP contribution is 2.34. The van der Waals surface area contributed by atoms with Gasteiger partial charge in [0.05, 0.1) is 19.8 Å². The second-order valence-electron chi connectivity index (χ2n) is 5.74. The number of hydrogen-bond acceptors (Lipinski definition) is 7. The fourth-order valence-electron chi connectivity index (χ4n) is 2.85. The third-order valence-corrected chi connectivity index (χ3v) is 3.86. The number of hydrogen-bond donors (Lipinski definition) is 0. The molecule has 24 heavy (non-hydrogen) atoms. The number of carbonyl (C=O) groups is 1. The van der Waals surface area contributed by atoms with E-state index in [-0.39, 0.29) is 6.61 Å². The van der Waals surface area contributed by atoms with Crippen molar-refractivity contribution in [3.63, 3.8) is 0 Å². The van der Waals surface area contributed by atoms with E-state index in [0.29, 0.717) is 13.2 Å². The molecule has 7 heteroatoms. The van der Waals surface area contributed by atoms with Crippen molar-refractivity contribution in [2.75, 3.05) is 20.3 Å². The Labute approximate surface area is 140 Å². The summed E-state index contributed by atoms with van der Waals surface area (Å²) in [5.41, 5.74) is 1.06. The largest absolute Gasteiger partial charge is 0.457 e. The Balaban J connectivity index is 1.55. The summed E-state index contributed by atoms with van der Waals surface area (Å²) in [5, 5.41) is 0. The molecule has 0 N–H and O–H groups in total. The monoisotopic (exact) mass is 338 g/mol. The third kappa shape index (κ3) is 4.12. The van der Waals surface area contributed by atoms with Crippen LogP contribution in [0.1, 0.15) is 12.5 Å². The van der Waals surface area contributed by atoms with Gasteiger partial charge >= 0.3 is 5.97 Å². The zero-order chi connectivity index (χ0) is 16.9. The van der Waals surface area contributed by atoms with Crippen LogP contribution in [0.4, 0.5) is 0 Å². The van der Waals surface area contributed by atoms with Gasteiger partial charge in [-0.25, -0.2) is 0 Å². The minimum atomic E-state index is -0.583. The normalized spacial score (nSPS) is 31.8. The van der Waals surface area contributed by atoms with Gasteiger partial charge in [0, 0.05) is 14.0 Å². The minimum Gasteiger partial charge on any atom is -0.457 e. The molecule has 2 heterocycles. The lowest BCUT2D eigenvalue weighted by atomic mass is 10.1. The summed E-state index contributed by atoms with van der Waals surface area (Å²) >= 11 is 0. The molecule has 0 aliphatic carbocycles. The number of rotatable bonds is 7. The molecule has 132 valence electrons. The first-order chi connectivity index (χ1) is 11.7. The number of ether oxygens (including phenoxy) is 6. The number of methoxy groups -OCH3 is 1. The van der Waals surface area contributed by atoms with Crippen LogP contribution in [0.25, 0.3) is 0 Å². The second kappa shape index (κ2) is 8.04. The quantitative estimate of drug-likeness (QED) is 0.693. The van der Waals surface area contributed by atoms with Crippen LogP contribution in [-0.4, -0.2) is 57.2 Å². The topological polar surface area (TPSA) is 72.5 Å². The van der Waals surface area contributed by atoms with E-state index in [1.165, 1.54) is 6.92 Å². The Bertz CT molecular complexity index is 535. The van der Waals surface area contributed by atoms with Crippen molar-refractivity contribution in [2.45, 2.75) is 44.4 Å². The van der Waals surface area contributed by atoms with E-state index in [1.54, 1.807) is 7.11 Å². The number of benzene rings is 1. The minimum absolute atomic E-state index is 0.279. The van der Waals surface area contributed by atoms with Gasteiger partial charge in [-0.3, -0.25) is 4.79 Å². The lowest BCUT2D eigenvalue weighted by Gasteiger charge is -2.22. The highest BCUT2D eigenvalue weighted by Gasteiger charge is 2.54. The molecule has 7 nitrogen and oxygen atoms in total. The van der Waals surface area contributed by atoms with Crippen LogP contribution in [0.2, 0.25) is 0 Å². The molecule has 2 aliphatic heterocycles. The SMILES string of the molecule is COCC1O[C@H]2O[C@H](COCc3ccccc3)[C@@H](OC(C)=O)[C@H]2O1. The molecule has 0 amide bonds. The van der Waals surface area contributed by atoms with Crippen molar-refractivity contribution in [1.82, 2.24) is 0 Å². The molecule has 3 rings (SSSR count). The van der Waals surface area contributed by atoms with Crippen LogP contribution in [0.5, 0.6) is 0 Å². The van der Waals surface area contributed by atoms with E-state index in [1.807, 2.05) is 30.3 Å². The van der Waals surface area contributed by atoms with Crippen LogP contribution in [0.15, 0.2) is 30.3 Å². The summed E-state index contributed by atoms with van der Waals surface area (Å²) in [4.78, 5) is 11.4. The molecule has 2 saturated heterocycles. The molecule has 0 saturated carbocycles. The Morgan fingerprint density at radius 2 is 1.92 bits per heavy atom. The van der Waals surface area contributed by atoms with Gasteiger partial charge in [0.2, 0.25) is 0 Å². The first-order valence-electron chi connectivity index (χ1n) is 7.91. The maximum absolute atomic E-state index is 11.4. The Kier molecular flexibility index (Phi) is 5.80. The molecule has 5 atom stereocenters. The highest BCUT2D eigenvalue weighted by molar-refractivity contribution is 5.66. The third-order valence-electron chi connectivity index (χ3n) is 3.86. The van der Waals surface area contributed by atoms with E-state index in [0.717, 1.165) is 5.56 Å². The van der Waals surface area contributed by atoms with E-state index < -0.39 is 36.9 Å². The van der Waals surface area contributed by atoms with Crippen LogP contribution in [0.3, 0.4) is 0 Å². The van der Waals surface area contributed by atoms with Gasteiger partial charge in [-0.15, -0.1) is 0 Å². The van der Waals surface area contributed by atoms with Gasteiger partial charge < -0.3 is 28.4 Å². The number of esters is 1. The lowest BCUT2D eigenvalue weighted by Crippen LogP contribution is -2.39. The molecule has 0 radical (unpaired) electrons. The molecule has 1 aromatic carbocycles. The van der Waals surface area contributed by atoms with Gasteiger partial charge in [-0.1, -0.05) is 30.3 Å². The van der Waals surface area contributed by atoms with Gasteiger partial charge in [-0.2, -0.15) is 0 Å². The van der Waals surface area contributed by atoms with Crippen molar-refractivity contribution in [2.24, 2.45) is 0 Å². The van der Waals surface area contributed by atoms with Crippen molar-refractivity contribution in [3.8, 4) is 0 Å². The van der Waals surface area contributed by atoms with Crippen LogP contribution >= 0.6 is 0 Å². The fraction of sp³-hybridized carbons (Fsp3) is 0.588. The summed E-state index contributed by atoms with van der Waals surface area (Å²) in [7, 11) is 1.56. The van der Waals surface area contributed by atoms with Crippen molar-refractivity contribution in [3.05, 3.63) is 35.9 Å². The first kappa shape index (κ1) is 17.3. The molecule has 1 unspecified atom stereocenters. The van der Waals surface area contributed by atoms with Crippen molar-refractivity contribution in [1.29, 1.82) is 0 Å². The lowest BCUT2D eigenvalue weighted by molar-refractivity contribution is -0.197. The molecule has 1 aromatic rings. The van der Waals surface area contributed by atoms with Crippen LogP contribution in [-0.2, 0) is 39.8 Å². The summed E-state index contributed by atoms with van der Waals surface area (Å²) in [6.45, 7) is 2.38. The van der Waals surface area contributed by atoms with Crippen molar-refractivity contribution < 1.29 is 33.2 Å². The first-order valence-corrected chi connectivity index (χ1v) is 7.91. The van der Waals surface area contributed by atoms with E-state index in [9.17, 15) is 4.79 Å². The average molecular weight is 338 g/mol. The van der Waals surface area contributed by atoms with Crippen LogP contribution < -0.4 is 0 Å². The highest BCUT2D eigenvalue weighted by atomic mass is 16.8. The predicted molar refractivity (Wildman–Crippen MR) is 81.9 cm³/mol. The maximum Gasteiger partial charge on any atom is 0.303 e. The van der Waals surface area contributed by atoms with E-state index in [4.69, 9.17) is 28.4 Å². The average Bonchev–Trinajstić information content (AvgIpc) is 3.08. The predicted octanol–water partition coefficient (Wildman–Crippen LogP) is 1.25. The van der Waals surface area contributed by atoms with Gasteiger partial charge in [-0.05, 0) is 5.56 Å². The van der Waals surface area contributed by atoms with Gasteiger partial charge in [0.1, 0.15) is 6.10 Å². The molecule has 2 fully saturated rings. The summed E-state index contributed by atoms with van der Waals surface area (Å²) < 4.78 is 33.2. The molecule has 0 bridgehead atoms. The molecule has 0 aromatic heterocycles. The summed E-state index contributed by atoms with van der Waals surface area (Å²) in [5.74, 6) is -0.392. The zero-order valence-corrected chi connectivity index (χ0v) is 13.8. The smallest absolute Gasteiger partial charge is 0.303 e. The number of carbonyl (C=O) groups excluding carboxylic acids is 1. The Morgan fingerprint density at radius 1 is 1.12 bits per heavy atom. The molecule has 0 spiro atoms. The number of fused-ring (bicyclic) bond motifs is 1. The Morgan fingerprint density at radius 3 is 2.62 bits per heavy atom. The molecular formula is C17H22O7. The van der Waals surface area contributed by atoms with Gasteiger partial charge in [0.25, 0.3) is 0 Å². The fourth-order valence-corrected chi connectivity index (χ4v) is 2.85. The van der Waals surface area contributed by atoms with E-state index >= 15 is 0 Å². The van der Waals surface area contributed by atoms with Crippen molar-refractivity contribution >= 4 is 5.97 Å². The van der Waals surface area contributed by atoms with Gasteiger partial charge in [0.15, 0.2) is 24.8 Å². The Hall–Kier alpha value is -1.51. The molecular weight excluding hydrogens is 316 g/mol. The summed E-state index contributed by atoms with van der Waals surface area (Å²) in [6, 6.07) is 9.82. The van der Waals surface area contributed by atoms with E-state index in [2.05, 4.69) is 0 Å². The van der Waals surface area contributed by atoms with Crippen LogP contribution in [0, 0.1) is 0 Å². The second-order valence-corrected chi connectivity index (χ2v) is 5.74. The maximum atomic E-state index is 11.4. The standard InChI is InChI=1S/C17H22O7/c1-11(18)21-15-13(9-20-8-12-6-4-3-5-7-12)22-17-16(15)23-14(24-17)10-19-2/h3-7,13-17H,8-10H2,1-2H3/t13-,14?,15-,16-,17-/m1/s1. The zero-order valence-electron chi connectivity index (χ0n) is 13.8. The summed E-state index contributed by atoms with van der Waals surface area (Å²) in [6.07, 6.45) is -2.57.